The summed E-state index contributed by atoms with van der Waals surface area (Å²) in [5.74, 6) is 0.0397. The van der Waals surface area contributed by atoms with Gasteiger partial charge in [-0.2, -0.15) is 4.39 Å². The van der Waals surface area contributed by atoms with E-state index in [4.69, 9.17) is 4.74 Å². The number of aromatic nitrogens is 3. The minimum absolute atomic E-state index is 0.177. The van der Waals surface area contributed by atoms with Crippen LogP contribution in [0.1, 0.15) is 11.1 Å². The van der Waals surface area contributed by atoms with Crippen molar-refractivity contribution >= 4 is 5.95 Å². The van der Waals surface area contributed by atoms with E-state index in [0.29, 0.717) is 41.4 Å². The van der Waals surface area contributed by atoms with Crippen LogP contribution in [0.5, 0.6) is 5.75 Å². The standard InChI is InChI=1S/C19H16F2N4O2/c1-25-18(26)13(11-2-5-17(21)22-8-11)9-23-19(25)24-10-14-12-6-7-27-16(12)4-3-15(14)20/h2-5,8-9H,6-7,10H2,1H3,(H,23,24). The van der Waals surface area contributed by atoms with E-state index >= 15 is 0 Å². The van der Waals surface area contributed by atoms with Gasteiger partial charge in [-0.15, -0.1) is 0 Å². The number of hydrogen-bond acceptors (Lipinski definition) is 5. The average Bonchev–Trinajstić information content (AvgIpc) is 3.14. The molecular weight excluding hydrogens is 354 g/mol. The largest absolute Gasteiger partial charge is 0.493 e. The molecule has 3 heterocycles. The predicted molar refractivity (Wildman–Crippen MR) is 95.6 cm³/mol. The molecule has 0 saturated heterocycles. The lowest BCUT2D eigenvalue weighted by atomic mass is 10.0. The van der Waals surface area contributed by atoms with E-state index in [2.05, 4.69) is 15.3 Å². The van der Waals surface area contributed by atoms with Gasteiger partial charge in [0.05, 0.1) is 12.2 Å². The smallest absolute Gasteiger partial charge is 0.262 e. The highest BCUT2D eigenvalue weighted by Gasteiger charge is 2.19. The van der Waals surface area contributed by atoms with Gasteiger partial charge >= 0.3 is 0 Å². The van der Waals surface area contributed by atoms with Gasteiger partial charge < -0.3 is 10.1 Å². The number of benzene rings is 1. The molecule has 0 aliphatic carbocycles. The van der Waals surface area contributed by atoms with Crippen molar-refractivity contribution in [2.75, 3.05) is 11.9 Å². The van der Waals surface area contributed by atoms with E-state index < -0.39 is 5.95 Å². The third-order valence-electron chi connectivity index (χ3n) is 4.57. The molecule has 2 aromatic heterocycles. The fraction of sp³-hybridized carbons (Fsp3) is 0.211. The zero-order valence-electron chi connectivity index (χ0n) is 14.5. The molecule has 1 aliphatic rings. The molecule has 8 heteroatoms. The molecule has 0 amide bonds. The second-order valence-corrected chi connectivity index (χ2v) is 6.18. The normalized spacial score (nSPS) is 12.6. The molecule has 0 spiro atoms. The van der Waals surface area contributed by atoms with Crippen LogP contribution in [-0.4, -0.2) is 21.1 Å². The highest BCUT2D eigenvalue weighted by molar-refractivity contribution is 5.61. The second kappa shape index (κ2) is 6.79. The van der Waals surface area contributed by atoms with Gasteiger partial charge in [-0.3, -0.25) is 9.36 Å². The zero-order chi connectivity index (χ0) is 19.0. The highest BCUT2D eigenvalue weighted by atomic mass is 19.1. The summed E-state index contributed by atoms with van der Waals surface area (Å²) in [6.45, 7) is 0.707. The Balaban J connectivity index is 1.61. The van der Waals surface area contributed by atoms with Crippen molar-refractivity contribution in [3.8, 4) is 16.9 Å². The maximum Gasteiger partial charge on any atom is 0.262 e. The quantitative estimate of drug-likeness (QED) is 0.715. The van der Waals surface area contributed by atoms with E-state index in [9.17, 15) is 13.6 Å². The molecule has 0 saturated carbocycles. The van der Waals surface area contributed by atoms with E-state index in [-0.39, 0.29) is 17.9 Å². The number of nitrogens with zero attached hydrogens (tertiary/aromatic N) is 3. The van der Waals surface area contributed by atoms with Crippen LogP contribution in [0.2, 0.25) is 0 Å². The first-order valence-corrected chi connectivity index (χ1v) is 8.39. The second-order valence-electron chi connectivity index (χ2n) is 6.18. The van der Waals surface area contributed by atoms with Crippen molar-refractivity contribution < 1.29 is 13.5 Å². The Bertz CT molecular complexity index is 1060. The van der Waals surface area contributed by atoms with Crippen LogP contribution in [0, 0.1) is 11.8 Å². The molecule has 3 aromatic rings. The number of ether oxygens (including phenoxy) is 1. The lowest BCUT2D eigenvalue weighted by Crippen LogP contribution is -2.23. The maximum atomic E-state index is 14.2. The Hall–Kier alpha value is -3.29. The van der Waals surface area contributed by atoms with Crippen molar-refractivity contribution in [1.29, 1.82) is 0 Å². The number of hydrogen-bond donors (Lipinski definition) is 1. The Morgan fingerprint density at radius 1 is 1.19 bits per heavy atom. The van der Waals surface area contributed by atoms with Gasteiger partial charge in [-0.25, -0.2) is 14.4 Å². The van der Waals surface area contributed by atoms with Crippen molar-refractivity contribution in [2.45, 2.75) is 13.0 Å². The summed E-state index contributed by atoms with van der Waals surface area (Å²) in [5.41, 5.74) is 1.80. The first kappa shape index (κ1) is 17.1. The van der Waals surface area contributed by atoms with Gasteiger partial charge in [-0.1, -0.05) is 0 Å². The van der Waals surface area contributed by atoms with Crippen LogP contribution in [0.4, 0.5) is 14.7 Å². The Morgan fingerprint density at radius 3 is 2.81 bits per heavy atom. The molecule has 4 rings (SSSR count). The minimum atomic E-state index is -0.622. The van der Waals surface area contributed by atoms with Crippen LogP contribution in [-0.2, 0) is 20.0 Å². The van der Waals surface area contributed by atoms with Crippen LogP contribution < -0.4 is 15.6 Å². The molecule has 138 valence electrons. The molecular formula is C19H16F2N4O2. The Morgan fingerprint density at radius 2 is 2.04 bits per heavy atom. The van der Waals surface area contributed by atoms with Crippen LogP contribution >= 0.6 is 0 Å². The Labute approximate surface area is 153 Å². The van der Waals surface area contributed by atoms with Crippen molar-refractivity contribution in [3.05, 3.63) is 69.9 Å². The molecule has 0 bridgehead atoms. The summed E-state index contributed by atoms with van der Waals surface area (Å²) >= 11 is 0. The lowest BCUT2D eigenvalue weighted by molar-refractivity contribution is 0.356. The number of anilines is 1. The van der Waals surface area contributed by atoms with Crippen molar-refractivity contribution in [2.24, 2.45) is 7.05 Å². The Kier molecular flexibility index (Phi) is 4.31. The summed E-state index contributed by atoms with van der Waals surface area (Å²) < 4.78 is 34.0. The number of rotatable bonds is 4. The van der Waals surface area contributed by atoms with E-state index in [1.165, 1.54) is 35.2 Å². The van der Waals surface area contributed by atoms with Gasteiger partial charge in [0.2, 0.25) is 11.9 Å². The summed E-state index contributed by atoms with van der Waals surface area (Å²) in [6, 6.07) is 5.65. The average molecular weight is 370 g/mol. The monoisotopic (exact) mass is 370 g/mol. The summed E-state index contributed by atoms with van der Waals surface area (Å²) in [6.07, 6.45) is 3.32. The molecule has 0 fully saturated rings. The van der Waals surface area contributed by atoms with Gasteiger partial charge in [0.15, 0.2) is 0 Å². The van der Waals surface area contributed by atoms with E-state index in [1.807, 2.05) is 0 Å². The number of halogens is 2. The number of fused-ring (bicyclic) bond motifs is 1. The topological polar surface area (TPSA) is 69.0 Å². The molecule has 1 aromatic carbocycles. The van der Waals surface area contributed by atoms with E-state index in [1.54, 1.807) is 13.1 Å². The molecule has 1 N–H and O–H groups in total. The number of nitrogens with one attached hydrogen (secondary N) is 1. The molecule has 6 nitrogen and oxygen atoms in total. The van der Waals surface area contributed by atoms with Crippen molar-refractivity contribution in [1.82, 2.24) is 14.5 Å². The third kappa shape index (κ3) is 3.14. The van der Waals surface area contributed by atoms with Gasteiger partial charge in [-0.05, 0) is 24.3 Å². The minimum Gasteiger partial charge on any atom is -0.493 e. The molecule has 0 atom stereocenters. The molecule has 27 heavy (non-hydrogen) atoms. The predicted octanol–water partition coefficient (Wildman–Crippen LogP) is 2.67. The fourth-order valence-electron chi connectivity index (χ4n) is 3.12. The maximum absolute atomic E-state index is 14.2. The molecule has 1 aliphatic heterocycles. The van der Waals surface area contributed by atoms with E-state index in [0.717, 1.165) is 5.56 Å². The SMILES string of the molecule is Cn1c(NCc2c(F)ccc3c2CCO3)ncc(-c2ccc(F)nc2)c1=O. The molecule has 0 unspecified atom stereocenters. The van der Waals surface area contributed by atoms with Crippen LogP contribution in [0.25, 0.3) is 11.1 Å². The van der Waals surface area contributed by atoms with Gasteiger partial charge in [0, 0.05) is 49.1 Å². The fourth-order valence-corrected chi connectivity index (χ4v) is 3.12. The lowest BCUT2D eigenvalue weighted by Gasteiger charge is -2.13. The van der Waals surface area contributed by atoms with Gasteiger partial charge in [0.25, 0.3) is 5.56 Å². The first-order valence-electron chi connectivity index (χ1n) is 8.39. The van der Waals surface area contributed by atoms with Crippen LogP contribution in [0.3, 0.4) is 0 Å². The summed E-state index contributed by atoms with van der Waals surface area (Å²) in [5, 5.41) is 3.01. The molecule has 0 radical (unpaired) electrons. The first-order chi connectivity index (χ1) is 13.0. The summed E-state index contributed by atoms with van der Waals surface area (Å²) in [4.78, 5) is 20.4. The van der Waals surface area contributed by atoms with Crippen LogP contribution in [0.15, 0.2) is 41.5 Å². The highest BCUT2D eigenvalue weighted by Crippen LogP contribution is 2.30. The van der Waals surface area contributed by atoms with Crippen molar-refractivity contribution in [3.63, 3.8) is 0 Å². The summed E-state index contributed by atoms with van der Waals surface area (Å²) in [7, 11) is 1.56. The van der Waals surface area contributed by atoms with Gasteiger partial charge in [0.1, 0.15) is 11.6 Å². The number of pyridine rings is 1. The zero-order valence-corrected chi connectivity index (χ0v) is 14.5. The third-order valence-corrected chi connectivity index (χ3v) is 4.57.